The fraction of sp³-hybridized carbons (Fsp3) is 0.263. The van der Waals surface area contributed by atoms with Gasteiger partial charge in [0.2, 0.25) is 0 Å². The topological polar surface area (TPSA) is 108 Å². The summed E-state index contributed by atoms with van der Waals surface area (Å²) in [7, 11) is 0. The van der Waals surface area contributed by atoms with Crippen LogP contribution in [0, 0.1) is 24.1 Å². The SMILES string of the molecule is Cc1ccc(Nc2cc(F)cc(OCCCCO)c2C(N)=O)c(C#N)c1. The molecule has 0 heterocycles. The number of aliphatic hydroxyl groups is 1. The summed E-state index contributed by atoms with van der Waals surface area (Å²) in [5.41, 5.74) is 7.26. The number of hydrogen-bond acceptors (Lipinski definition) is 5. The second kappa shape index (κ2) is 8.83. The average molecular weight is 357 g/mol. The van der Waals surface area contributed by atoms with Gasteiger partial charge in [-0.3, -0.25) is 4.79 Å². The number of nitriles is 1. The van der Waals surface area contributed by atoms with Crippen molar-refractivity contribution in [1.29, 1.82) is 5.26 Å². The maximum absolute atomic E-state index is 14.0. The van der Waals surface area contributed by atoms with Gasteiger partial charge in [-0.15, -0.1) is 0 Å². The van der Waals surface area contributed by atoms with Crippen LogP contribution >= 0.6 is 0 Å². The molecule has 0 radical (unpaired) electrons. The highest BCUT2D eigenvalue weighted by molar-refractivity contribution is 6.02. The number of rotatable bonds is 8. The summed E-state index contributed by atoms with van der Waals surface area (Å²) in [5.74, 6) is -1.38. The second-order valence-corrected chi connectivity index (χ2v) is 5.76. The minimum Gasteiger partial charge on any atom is -0.493 e. The van der Waals surface area contributed by atoms with E-state index in [0.717, 1.165) is 17.7 Å². The van der Waals surface area contributed by atoms with E-state index in [1.54, 1.807) is 18.2 Å². The summed E-state index contributed by atoms with van der Waals surface area (Å²) in [6.07, 6.45) is 1.08. The normalized spacial score (nSPS) is 10.2. The molecule has 0 atom stereocenters. The van der Waals surface area contributed by atoms with E-state index in [1.165, 1.54) is 0 Å². The first-order chi connectivity index (χ1) is 12.5. The van der Waals surface area contributed by atoms with Gasteiger partial charge in [0.15, 0.2) is 0 Å². The number of unbranched alkanes of at least 4 members (excludes halogenated alkanes) is 1. The highest BCUT2D eigenvalue weighted by atomic mass is 19.1. The lowest BCUT2D eigenvalue weighted by atomic mass is 10.1. The molecule has 0 fully saturated rings. The zero-order chi connectivity index (χ0) is 19.1. The molecule has 0 saturated carbocycles. The van der Waals surface area contributed by atoms with Crippen molar-refractivity contribution in [1.82, 2.24) is 0 Å². The van der Waals surface area contributed by atoms with E-state index in [9.17, 15) is 14.4 Å². The quantitative estimate of drug-likeness (QED) is 0.629. The number of amides is 1. The van der Waals surface area contributed by atoms with Gasteiger partial charge >= 0.3 is 0 Å². The van der Waals surface area contributed by atoms with Crippen LogP contribution in [0.4, 0.5) is 15.8 Å². The van der Waals surface area contributed by atoms with Crippen LogP contribution in [-0.4, -0.2) is 24.2 Å². The third-order valence-electron chi connectivity index (χ3n) is 3.69. The van der Waals surface area contributed by atoms with Crippen molar-refractivity contribution < 1.29 is 19.0 Å². The van der Waals surface area contributed by atoms with Crippen molar-refractivity contribution in [3.8, 4) is 11.8 Å². The molecule has 0 aliphatic rings. The van der Waals surface area contributed by atoms with Crippen molar-refractivity contribution in [2.75, 3.05) is 18.5 Å². The van der Waals surface area contributed by atoms with Gasteiger partial charge in [0, 0.05) is 12.7 Å². The molecule has 2 rings (SSSR count). The molecule has 0 aliphatic heterocycles. The Kier molecular flexibility index (Phi) is 6.53. The summed E-state index contributed by atoms with van der Waals surface area (Å²) >= 11 is 0. The molecule has 4 N–H and O–H groups in total. The predicted molar refractivity (Wildman–Crippen MR) is 95.9 cm³/mol. The number of carbonyl (C=O) groups excluding carboxylic acids is 1. The van der Waals surface area contributed by atoms with E-state index in [0.29, 0.717) is 24.1 Å². The number of hydrogen-bond donors (Lipinski definition) is 3. The summed E-state index contributed by atoms with van der Waals surface area (Å²) in [5, 5.41) is 21.0. The minimum absolute atomic E-state index is 0.000127. The van der Waals surface area contributed by atoms with Crippen LogP contribution in [0.1, 0.15) is 34.3 Å². The zero-order valence-corrected chi connectivity index (χ0v) is 14.4. The van der Waals surface area contributed by atoms with Gasteiger partial charge in [0.25, 0.3) is 5.91 Å². The highest BCUT2D eigenvalue weighted by Gasteiger charge is 2.18. The number of halogens is 1. The van der Waals surface area contributed by atoms with Crippen molar-refractivity contribution in [3.63, 3.8) is 0 Å². The van der Waals surface area contributed by atoms with Crippen LogP contribution in [0.15, 0.2) is 30.3 Å². The number of aliphatic hydroxyl groups excluding tert-OH is 1. The summed E-state index contributed by atoms with van der Waals surface area (Å²) in [6.45, 7) is 2.07. The van der Waals surface area contributed by atoms with Crippen LogP contribution in [-0.2, 0) is 0 Å². The number of nitrogens with zero attached hydrogens (tertiary/aromatic N) is 1. The Bertz CT molecular complexity index is 847. The van der Waals surface area contributed by atoms with E-state index < -0.39 is 11.7 Å². The van der Waals surface area contributed by atoms with Gasteiger partial charge in [0.1, 0.15) is 23.2 Å². The van der Waals surface area contributed by atoms with Crippen LogP contribution < -0.4 is 15.8 Å². The van der Waals surface area contributed by atoms with E-state index in [4.69, 9.17) is 15.6 Å². The molecule has 1 amide bonds. The number of aryl methyl sites for hydroxylation is 1. The van der Waals surface area contributed by atoms with Crippen LogP contribution in [0.2, 0.25) is 0 Å². The molecule has 0 spiro atoms. The van der Waals surface area contributed by atoms with E-state index in [1.807, 2.05) is 6.92 Å². The molecule has 0 saturated heterocycles. The Hall–Kier alpha value is -3.11. The molecule has 0 bridgehead atoms. The Labute approximate surface area is 151 Å². The van der Waals surface area contributed by atoms with Crippen molar-refractivity contribution in [2.24, 2.45) is 5.73 Å². The third kappa shape index (κ3) is 4.71. The fourth-order valence-corrected chi connectivity index (χ4v) is 2.45. The van der Waals surface area contributed by atoms with Crippen molar-refractivity contribution >= 4 is 17.3 Å². The first-order valence-electron chi connectivity index (χ1n) is 8.11. The fourth-order valence-electron chi connectivity index (χ4n) is 2.45. The van der Waals surface area contributed by atoms with Crippen LogP contribution in [0.5, 0.6) is 5.75 Å². The summed E-state index contributed by atoms with van der Waals surface area (Å²) in [6, 6.07) is 9.41. The first kappa shape index (κ1) is 19.2. The molecular weight excluding hydrogens is 337 g/mol. The van der Waals surface area contributed by atoms with E-state index in [-0.39, 0.29) is 30.2 Å². The predicted octanol–water partition coefficient (Wildman–Crippen LogP) is 3.00. The third-order valence-corrected chi connectivity index (χ3v) is 3.69. The molecule has 26 heavy (non-hydrogen) atoms. The van der Waals surface area contributed by atoms with Gasteiger partial charge in [-0.25, -0.2) is 4.39 Å². The van der Waals surface area contributed by atoms with E-state index >= 15 is 0 Å². The number of benzene rings is 2. The Morgan fingerprint density at radius 2 is 2.08 bits per heavy atom. The average Bonchev–Trinajstić information content (AvgIpc) is 2.59. The standard InChI is InChI=1S/C19H20FN3O3/c1-12-4-5-15(13(8-12)11-21)23-16-9-14(20)10-17(18(16)19(22)25)26-7-3-2-6-24/h4-5,8-10,23-24H,2-3,6-7H2,1H3,(H2,22,25). The lowest BCUT2D eigenvalue weighted by Gasteiger charge is -2.16. The Morgan fingerprint density at radius 1 is 1.31 bits per heavy atom. The number of nitrogens with two attached hydrogens (primary N) is 1. The maximum Gasteiger partial charge on any atom is 0.254 e. The largest absolute Gasteiger partial charge is 0.493 e. The zero-order valence-electron chi connectivity index (χ0n) is 14.4. The lowest BCUT2D eigenvalue weighted by Crippen LogP contribution is -2.16. The summed E-state index contributed by atoms with van der Waals surface area (Å²) < 4.78 is 19.5. The highest BCUT2D eigenvalue weighted by Crippen LogP contribution is 2.31. The molecular formula is C19H20FN3O3. The number of ether oxygens (including phenoxy) is 1. The molecule has 0 aromatic heterocycles. The van der Waals surface area contributed by atoms with Gasteiger partial charge in [-0.05, 0) is 43.5 Å². The number of anilines is 2. The monoisotopic (exact) mass is 357 g/mol. The Balaban J connectivity index is 2.40. The van der Waals surface area contributed by atoms with Gasteiger partial charge in [0.05, 0.1) is 23.5 Å². The maximum atomic E-state index is 14.0. The molecule has 6 nitrogen and oxygen atoms in total. The molecule has 7 heteroatoms. The molecule has 136 valence electrons. The van der Waals surface area contributed by atoms with Gasteiger partial charge in [-0.1, -0.05) is 6.07 Å². The van der Waals surface area contributed by atoms with Crippen LogP contribution in [0.3, 0.4) is 0 Å². The van der Waals surface area contributed by atoms with E-state index in [2.05, 4.69) is 11.4 Å². The molecule has 2 aromatic carbocycles. The number of nitrogens with one attached hydrogen (secondary N) is 1. The lowest BCUT2D eigenvalue weighted by molar-refractivity contribution is 0.0997. The molecule has 0 unspecified atom stereocenters. The molecule has 2 aromatic rings. The van der Waals surface area contributed by atoms with Gasteiger partial charge in [-0.2, -0.15) is 5.26 Å². The first-order valence-corrected chi connectivity index (χ1v) is 8.11. The van der Waals surface area contributed by atoms with Crippen molar-refractivity contribution in [2.45, 2.75) is 19.8 Å². The Morgan fingerprint density at radius 3 is 2.73 bits per heavy atom. The minimum atomic E-state index is -0.782. The summed E-state index contributed by atoms with van der Waals surface area (Å²) in [4.78, 5) is 11.9. The van der Waals surface area contributed by atoms with Crippen molar-refractivity contribution in [3.05, 3.63) is 52.8 Å². The molecule has 0 aliphatic carbocycles. The van der Waals surface area contributed by atoms with Crippen LogP contribution in [0.25, 0.3) is 0 Å². The number of primary amides is 1. The smallest absolute Gasteiger partial charge is 0.254 e. The number of carbonyl (C=O) groups is 1. The second-order valence-electron chi connectivity index (χ2n) is 5.76. The van der Waals surface area contributed by atoms with Gasteiger partial charge < -0.3 is 20.9 Å².